The van der Waals surface area contributed by atoms with E-state index in [1.807, 2.05) is 42.5 Å². The van der Waals surface area contributed by atoms with Gasteiger partial charge in [0.1, 0.15) is 0 Å². The summed E-state index contributed by atoms with van der Waals surface area (Å²) in [6.45, 7) is 4.72. The third-order valence-electron chi connectivity index (χ3n) is 11.5. The highest BCUT2D eigenvalue weighted by Gasteiger charge is 2.53. The van der Waals surface area contributed by atoms with E-state index in [2.05, 4.69) is 135 Å². The van der Waals surface area contributed by atoms with Crippen LogP contribution in [0.1, 0.15) is 52.8 Å². The first-order valence-corrected chi connectivity index (χ1v) is 18.3. The lowest BCUT2D eigenvalue weighted by molar-refractivity contribution is 0.563. The van der Waals surface area contributed by atoms with Crippen LogP contribution < -0.4 is 0 Å². The molecule has 54 heavy (non-hydrogen) atoms. The molecular weight excluding hydrogens is 657 g/mol. The Hall–Kier alpha value is -6.96. The third kappa shape index (κ3) is 4.65. The summed E-state index contributed by atoms with van der Waals surface area (Å²) in [6.07, 6.45) is 0. The molecule has 0 atom stereocenters. The highest BCUT2D eigenvalue weighted by molar-refractivity contribution is 5.90. The normalized spacial score (nSPS) is 14.0. The maximum Gasteiger partial charge on any atom is 0.164 e. The van der Waals surface area contributed by atoms with E-state index in [-0.39, 0.29) is 5.41 Å². The van der Waals surface area contributed by atoms with Gasteiger partial charge in [-0.1, -0.05) is 153 Å². The molecule has 0 unspecified atom stereocenters. The third-order valence-corrected chi connectivity index (χ3v) is 11.5. The lowest BCUT2D eigenvalue weighted by Gasteiger charge is -2.46. The molecule has 8 aromatic rings. The van der Waals surface area contributed by atoms with Crippen molar-refractivity contribution < 1.29 is 0 Å². The standard InChI is InChI=1S/C50H34N4/c1-49(2)42-16-8-10-18-44(42)50(45-19-11-9-17-43(45)49)40-15-7-6-14-38(40)39-30-37(28-29-41(39)50)33-24-26-36(27-25-33)48-53-46(34-12-4-3-5-13-34)52-47(54-48)35-22-20-32(31-51)21-23-35/h3-30H,1-2H3. The fraction of sp³-hybridized carbons (Fsp3) is 0.0800. The summed E-state index contributed by atoms with van der Waals surface area (Å²) in [5.74, 6) is 1.76. The summed E-state index contributed by atoms with van der Waals surface area (Å²) < 4.78 is 0. The number of rotatable bonds is 4. The second kappa shape index (κ2) is 12.0. The van der Waals surface area contributed by atoms with Gasteiger partial charge in [-0.3, -0.25) is 0 Å². The van der Waals surface area contributed by atoms with Crippen LogP contribution in [-0.4, -0.2) is 15.0 Å². The van der Waals surface area contributed by atoms with E-state index in [0.29, 0.717) is 23.0 Å². The zero-order valence-corrected chi connectivity index (χ0v) is 30.0. The van der Waals surface area contributed by atoms with Crippen LogP contribution in [0.5, 0.6) is 0 Å². The van der Waals surface area contributed by atoms with Crippen molar-refractivity contribution in [2.45, 2.75) is 24.7 Å². The van der Waals surface area contributed by atoms with Gasteiger partial charge in [0.15, 0.2) is 17.5 Å². The van der Waals surface area contributed by atoms with Crippen LogP contribution in [0.3, 0.4) is 0 Å². The lowest BCUT2D eigenvalue weighted by Crippen LogP contribution is -2.40. The molecule has 0 bridgehead atoms. The molecule has 7 aromatic carbocycles. The summed E-state index contributed by atoms with van der Waals surface area (Å²) >= 11 is 0. The van der Waals surface area contributed by atoms with E-state index in [4.69, 9.17) is 15.0 Å². The van der Waals surface area contributed by atoms with Gasteiger partial charge in [-0.15, -0.1) is 0 Å². The van der Waals surface area contributed by atoms with Crippen molar-refractivity contribution in [3.8, 4) is 62.5 Å². The number of nitriles is 1. The maximum absolute atomic E-state index is 9.33. The summed E-state index contributed by atoms with van der Waals surface area (Å²) in [6, 6.07) is 62.1. The lowest BCUT2D eigenvalue weighted by atomic mass is 9.55. The number of benzene rings is 7. The number of aromatic nitrogens is 3. The number of fused-ring (bicyclic) bond motifs is 9. The van der Waals surface area contributed by atoms with Crippen molar-refractivity contribution in [2.75, 3.05) is 0 Å². The van der Waals surface area contributed by atoms with Crippen molar-refractivity contribution in [1.29, 1.82) is 5.26 Å². The summed E-state index contributed by atoms with van der Waals surface area (Å²) in [5.41, 5.74) is 15.7. The first-order valence-electron chi connectivity index (χ1n) is 18.3. The van der Waals surface area contributed by atoms with Gasteiger partial charge >= 0.3 is 0 Å². The smallest absolute Gasteiger partial charge is 0.164 e. The van der Waals surface area contributed by atoms with Gasteiger partial charge in [0.25, 0.3) is 0 Å². The molecule has 0 radical (unpaired) electrons. The molecule has 0 saturated heterocycles. The zero-order chi connectivity index (χ0) is 36.4. The molecule has 1 heterocycles. The topological polar surface area (TPSA) is 62.5 Å². The Labute approximate surface area is 315 Å². The van der Waals surface area contributed by atoms with Crippen LogP contribution in [0.15, 0.2) is 170 Å². The van der Waals surface area contributed by atoms with E-state index < -0.39 is 5.41 Å². The molecule has 4 heteroatoms. The van der Waals surface area contributed by atoms with Crippen molar-refractivity contribution in [2.24, 2.45) is 0 Å². The van der Waals surface area contributed by atoms with Crippen molar-refractivity contribution in [3.05, 3.63) is 209 Å². The highest BCUT2D eigenvalue weighted by atomic mass is 15.0. The molecule has 254 valence electrons. The van der Waals surface area contributed by atoms with Gasteiger partial charge in [0.2, 0.25) is 0 Å². The zero-order valence-electron chi connectivity index (χ0n) is 30.0. The predicted octanol–water partition coefficient (Wildman–Crippen LogP) is 11.4. The largest absolute Gasteiger partial charge is 0.208 e. The Balaban J connectivity index is 1.09. The van der Waals surface area contributed by atoms with E-state index in [9.17, 15) is 5.26 Å². The van der Waals surface area contributed by atoms with Crippen LogP contribution in [0.25, 0.3) is 56.4 Å². The second-order valence-corrected chi connectivity index (χ2v) is 14.7. The minimum atomic E-state index is -0.404. The molecule has 0 aliphatic heterocycles. The summed E-state index contributed by atoms with van der Waals surface area (Å²) in [7, 11) is 0. The Bertz CT molecular complexity index is 2740. The van der Waals surface area contributed by atoms with E-state index >= 15 is 0 Å². The average Bonchev–Trinajstić information content (AvgIpc) is 3.53. The van der Waals surface area contributed by atoms with Gasteiger partial charge < -0.3 is 0 Å². The fourth-order valence-corrected chi connectivity index (χ4v) is 8.90. The minimum absolute atomic E-state index is 0.124. The molecule has 2 aliphatic rings. The Morgan fingerprint density at radius 1 is 0.389 bits per heavy atom. The van der Waals surface area contributed by atoms with Gasteiger partial charge in [-0.2, -0.15) is 5.26 Å². The molecule has 1 aromatic heterocycles. The number of nitrogens with zero attached hydrogens (tertiary/aromatic N) is 4. The Morgan fingerprint density at radius 2 is 0.815 bits per heavy atom. The maximum atomic E-state index is 9.33. The first kappa shape index (κ1) is 31.7. The SMILES string of the molecule is CC1(C)c2ccccc2C2(c3ccccc3-c3cc(-c4ccc(-c5nc(-c6ccccc6)nc(-c6ccc(C#N)cc6)n5)cc4)ccc32)c2ccccc21. The van der Waals surface area contributed by atoms with Crippen molar-refractivity contribution in [3.63, 3.8) is 0 Å². The molecule has 4 nitrogen and oxygen atoms in total. The molecule has 10 rings (SSSR count). The molecular formula is C50H34N4. The van der Waals surface area contributed by atoms with E-state index in [1.54, 1.807) is 12.1 Å². The molecule has 1 spiro atoms. The summed E-state index contributed by atoms with van der Waals surface area (Å²) in [5, 5.41) is 9.33. The molecule has 2 aliphatic carbocycles. The monoisotopic (exact) mass is 690 g/mol. The Morgan fingerprint density at radius 3 is 1.39 bits per heavy atom. The first-order chi connectivity index (χ1) is 26.5. The van der Waals surface area contributed by atoms with Crippen molar-refractivity contribution >= 4 is 0 Å². The van der Waals surface area contributed by atoms with Gasteiger partial charge in [0, 0.05) is 22.1 Å². The second-order valence-electron chi connectivity index (χ2n) is 14.7. The van der Waals surface area contributed by atoms with E-state index in [0.717, 1.165) is 27.8 Å². The van der Waals surface area contributed by atoms with Crippen LogP contribution in [0, 0.1) is 11.3 Å². The number of hydrogen-bond acceptors (Lipinski definition) is 4. The quantitative estimate of drug-likeness (QED) is 0.184. The summed E-state index contributed by atoms with van der Waals surface area (Å²) in [4.78, 5) is 14.7. The van der Waals surface area contributed by atoms with Gasteiger partial charge in [0.05, 0.1) is 17.0 Å². The van der Waals surface area contributed by atoms with Crippen LogP contribution in [0.2, 0.25) is 0 Å². The molecule has 0 fully saturated rings. The van der Waals surface area contributed by atoms with Crippen LogP contribution >= 0.6 is 0 Å². The molecule has 0 N–H and O–H groups in total. The van der Waals surface area contributed by atoms with Gasteiger partial charge in [-0.05, 0) is 86.0 Å². The van der Waals surface area contributed by atoms with Gasteiger partial charge in [-0.25, -0.2) is 15.0 Å². The predicted molar refractivity (Wildman–Crippen MR) is 216 cm³/mol. The van der Waals surface area contributed by atoms with Crippen LogP contribution in [-0.2, 0) is 10.8 Å². The Kier molecular flexibility index (Phi) is 7.08. The molecule has 0 saturated carbocycles. The fourth-order valence-electron chi connectivity index (χ4n) is 8.90. The number of hydrogen-bond donors (Lipinski definition) is 0. The van der Waals surface area contributed by atoms with Crippen molar-refractivity contribution in [1.82, 2.24) is 15.0 Å². The highest BCUT2D eigenvalue weighted by Crippen LogP contribution is 2.62. The minimum Gasteiger partial charge on any atom is -0.208 e. The van der Waals surface area contributed by atoms with E-state index in [1.165, 1.54) is 44.5 Å². The average molecular weight is 691 g/mol. The molecule has 0 amide bonds. The van der Waals surface area contributed by atoms with Crippen LogP contribution in [0.4, 0.5) is 0 Å².